The minimum atomic E-state index is 0.977. The summed E-state index contributed by atoms with van der Waals surface area (Å²) >= 11 is 0. The molecule has 0 saturated heterocycles. The Labute approximate surface area is 96.6 Å². The third kappa shape index (κ3) is 2.91. The van der Waals surface area contributed by atoms with E-state index in [0.717, 1.165) is 13.5 Å². The van der Waals surface area contributed by atoms with E-state index in [1.165, 1.54) is 16.8 Å². The van der Waals surface area contributed by atoms with Gasteiger partial charge in [0.15, 0.2) is 0 Å². The molecule has 1 aromatic carbocycles. The summed E-state index contributed by atoms with van der Waals surface area (Å²) in [7, 11) is 1.00. The van der Waals surface area contributed by atoms with Crippen molar-refractivity contribution in [2.75, 3.05) is 7.11 Å². The summed E-state index contributed by atoms with van der Waals surface area (Å²) in [5.41, 5.74) is 3.66. The van der Waals surface area contributed by atoms with Gasteiger partial charge >= 0.3 is 0 Å². The summed E-state index contributed by atoms with van der Waals surface area (Å²) in [5, 5.41) is 7.00. The predicted octanol–water partition coefficient (Wildman–Crippen LogP) is 2.92. The molecule has 16 heavy (non-hydrogen) atoms. The normalized spacial score (nSPS) is 9.19. The van der Waals surface area contributed by atoms with Crippen LogP contribution in [0.5, 0.6) is 0 Å². The summed E-state index contributed by atoms with van der Waals surface area (Å²) in [6, 6.07) is 14.5. The van der Waals surface area contributed by atoms with Crippen molar-refractivity contribution in [1.82, 2.24) is 4.98 Å². The summed E-state index contributed by atoms with van der Waals surface area (Å²) < 4.78 is 0. The zero-order chi connectivity index (χ0) is 11.8. The Morgan fingerprint density at radius 3 is 2.31 bits per heavy atom. The monoisotopic (exact) mass is 215 g/mol. The molecule has 0 unspecified atom stereocenters. The maximum atomic E-state index is 7.00. The largest absolute Gasteiger partial charge is 0.400 e. The van der Waals surface area contributed by atoms with Crippen LogP contribution in [-0.2, 0) is 6.42 Å². The highest BCUT2D eigenvalue weighted by Crippen LogP contribution is 2.21. The number of nitrogens with zero attached hydrogens (tertiary/aromatic N) is 1. The van der Waals surface area contributed by atoms with E-state index in [4.69, 9.17) is 5.11 Å². The number of hydrogen-bond acceptors (Lipinski definition) is 2. The SMILES string of the molecule is CCc1ncccc1-c1ccccc1.CO. The van der Waals surface area contributed by atoms with Gasteiger partial charge in [0.1, 0.15) is 0 Å². The lowest BCUT2D eigenvalue weighted by Crippen LogP contribution is -1.90. The molecule has 2 nitrogen and oxygen atoms in total. The number of benzene rings is 1. The Kier molecular flexibility index (Phi) is 5.23. The molecule has 0 atom stereocenters. The fraction of sp³-hybridized carbons (Fsp3) is 0.214. The van der Waals surface area contributed by atoms with Gasteiger partial charge in [-0.25, -0.2) is 0 Å². The maximum Gasteiger partial charge on any atom is 0.0479 e. The van der Waals surface area contributed by atoms with Gasteiger partial charge in [-0.15, -0.1) is 0 Å². The third-order valence-corrected chi connectivity index (χ3v) is 2.31. The molecule has 1 N–H and O–H groups in total. The average Bonchev–Trinajstić information content (AvgIpc) is 2.42. The highest BCUT2D eigenvalue weighted by atomic mass is 16.2. The van der Waals surface area contributed by atoms with Crippen molar-refractivity contribution in [3.63, 3.8) is 0 Å². The molecule has 2 rings (SSSR count). The summed E-state index contributed by atoms with van der Waals surface area (Å²) in [6.45, 7) is 2.13. The van der Waals surface area contributed by atoms with Gasteiger partial charge in [-0.1, -0.05) is 43.3 Å². The van der Waals surface area contributed by atoms with Crippen LogP contribution in [0.3, 0.4) is 0 Å². The first-order chi connectivity index (χ1) is 7.92. The van der Waals surface area contributed by atoms with Crippen molar-refractivity contribution in [2.45, 2.75) is 13.3 Å². The van der Waals surface area contributed by atoms with Gasteiger partial charge < -0.3 is 5.11 Å². The van der Waals surface area contributed by atoms with E-state index < -0.39 is 0 Å². The van der Waals surface area contributed by atoms with Crippen molar-refractivity contribution < 1.29 is 5.11 Å². The molecule has 0 aliphatic heterocycles. The number of pyridine rings is 1. The Balaban J connectivity index is 0.000000606. The lowest BCUT2D eigenvalue weighted by atomic mass is 10.0. The molecular formula is C14H17NO. The first-order valence-corrected chi connectivity index (χ1v) is 5.36. The first kappa shape index (κ1) is 12.4. The van der Waals surface area contributed by atoms with E-state index in [1.807, 2.05) is 18.3 Å². The predicted molar refractivity (Wildman–Crippen MR) is 67.2 cm³/mol. The molecular weight excluding hydrogens is 198 g/mol. The lowest BCUT2D eigenvalue weighted by Gasteiger charge is -2.05. The second-order valence-corrected chi connectivity index (χ2v) is 3.22. The number of hydrogen-bond donors (Lipinski definition) is 1. The van der Waals surface area contributed by atoms with E-state index in [1.54, 1.807) is 0 Å². The molecule has 0 aliphatic rings. The van der Waals surface area contributed by atoms with E-state index in [0.29, 0.717) is 0 Å². The Morgan fingerprint density at radius 1 is 1.00 bits per heavy atom. The van der Waals surface area contributed by atoms with Crippen LogP contribution < -0.4 is 0 Å². The Morgan fingerprint density at radius 2 is 1.69 bits per heavy atom. The highest BCUT2D eigenvalue weighted by molar-refractivity contribution is 5.65. The van der Waals surface area contributed by atoms with E-state index in [-0.39, 0.29) is 0 Å². The minimum absolute atomic E-state index is 0.977. The molecule has 1 aromatic heterocycles. The minimum Gasteiger partial charge on any atom is -0.400 e. The molecule has 2 aromatic rings. The standard InChI is InChI=1S/C13H13N.CH4O/c1-2-13-12(9-6-10-14-13)11-7-4-3-5-8-11;1-2/h3-10H,2H2,1H3;2H,1H3. The van der Waals surface area contributed by atoms with Crippen molar-refractivity contribution in [1.29, 1.82) is 0 Å². The van der Waals surface area contributed by atoms with Gasteiger partial charge in [-0.2, -0.15) is 0 Å². The molecule has 0 fully saturated rings. The summed E-state index contributed by atoms with van der Waals surface area (Å²) in [6.07, 6.45) is 2.83. The van der Waals surface area contributed by atoms with Crippen LogP contribution in [0.2, 0.25) is 0 Å². The number of aliphatic hydroxyl groups excluding tert-OH is 1. The van der Waals surface area contributed by atoms with Crippen LogP contribution in [0.15, 0.2) is 48.7 Å². The molecule has 0 spiro atoms. The fourth-order valence-electron chi connectivity index (χ4n) is 1.60. The van der Waals surface area contributed by atoms with Crippen LogP contribution in [0, 0.1) is 0 Å². The molecule has 1 heterocycles. The molecule has 84 valence electrons. The van der Waals surface area contributed by atoms with Crippen molar-refractivity contribution in [2.24, 2.45) is 0 Å². The molecule has 0 radical (unpaired) electrons. The van der Waals surface area contributed by atoms with Gasteiger partial charge in [0.2, 0.25) is 0 Å². The maximum absolute atomic E-state index is 7.00. The second-order valence-electron chi connectivity index (χ2n) is 3.22. The molecule has 0 amide bonds. The number of aryl methyl sites for hydroxylation is 1. The molecule has 0 bridgehead atoms. The average molecular weight is 215 g/mol. The summed E-state index contributed by atoms with van der Waals surface area (Å²) in [5.74, 6) is 0. The highest BCUT2D eigenvalue weighted by Gasteiger charge is 2.02. The van der Waals surface area contributed by atoms with Gasteiger partial charge in [0.25, 0.3) is 0 Å². The van der Waals surface area contributed by atoms with Gasteiger partial charge in [-0.05, 0) is 18.1 Å². The van der Waals surface area contributed by atoms with Gasteiger partial charge in [0, 0.05) is 24.6 Å². The first-order valence-electron chi connectivity index (χ1n) is 5.36. The topological polar surface area (TPSA) is 33.1 Å². The lowest BCUT2D eigenvalue weighted by molar-refractivity contribution is 0.399. The second kappa shape index (κ2) is 6.75. The number of rotatable bonds is 2. The van der Waals surface area contributed by atoms with Gasteiger partial charge in [-0.3, -0.25) is 4.98 Å². The third-order valence-electron chi connectivity index (χ3n) is 2.31. The zero-order valence-electron chi connectivity index (χ0n) is 9.72. The van der Waals surface area contributed by atoms with Crippen LogP contribution in [0.4, 0.5) is 0 Å². The van der Waals surface area contributed by atoms with E-state index >= 15 is 0 Å². The quantitative estimate of drug-likeness (QED) is 0.835. The summed E-state index contributed by atoms with van der Waals surface area (Å²) in [4.78, 5) is 4.37. The van der Waals surface area contributed by atoms with Crippen LogP contribution in [-0.4, -0.2) is 17.2 Å². The smallest absolute Gasteiger partial charge is 0.0479 e. The zero-order valence-corrected chi connectivity index (χ0v) is 9.72. The Hall–Kier alpha value is -1.67. The van der Waals surface area contributed by atoms with Crippen molar-refractivity contribution in [3.05, 3.63) is 54.4 Å². The van der Waals surface area contributed by atoms with Crippen molar-refractivity contribution >= 4 is 0 Å². The van der Waals surface area contributed by atoms with E-state index in [2.05, 4.69) is 42.2 Å². The van der Waals surface area contributed by atoms with Crippen LogP contribution in [0.25, 0.3) is 11.1 Å². The van der Waals surface area contributed by atoms with Crippen LogP contribution >= 0.6 is 0 Å². The van der Waals surface area contributed by atoms with Gasteiger partial charge in [0.05, 0.1) is 0 Å². The molecule has 0 aliphatic carbocycles. The van der Waals surface area contributed by atoms with Crippen LogP contribution in [0.1, 0.15) is 12.6 Å². The molecule has 2 heteroatoms. The van der Waals surface area contributed by atoms with Crippen molar-refractivity contribution in [3.8, 4) is 11.1 Å². The molecule has 0 saturated carbocycles. The van der Waals surface area contributed by atoms with E-state index in [9.17, 15) is 0 Å². The number of aliphatic hydroxyl groups is 1. The fourth-order valence-corrected chi connectivity index (χ4v) is 1.60. The Bertz CT molecular complexity index is 412. The number of aromatic nitrogens is 1.